The van der Waals surface area contributed by atoms with E-state index in [1.807, 2.05) is 23.8 Å². The van der Waals surface area contributed by atoms with Crippen molar-refractivity contribution < 1.29 is 9.13 Å². The van der Waals surface area contributed by atoms with Crippen LogP contribution in [0.3, 0.4) is 0 Å². The number of anilines is 1. The minimum absolute atomic E-state index is 0.214. The lowest BCUT2D eigenvalue weighted by Crippen LogP contribution is -2.10. The normalized spacial score (nSPS) is 10.8. The second kappa shape index (κ2) is 7.05. The summed E-state index contributed by atoms with van der Waals surface area (Å²) in [4.78, 5) is 4.44. The molecule has 1 N–H and O–H groups in total. The smallest absolute Gasteiger partial charge is 0.203 e. The van der Waals surface area contributed by atoms with E-state index in [2.05, 4.69) is 10.3 Å². The molecule has 20 heavy (non-hydrogen) atoms. The van der Waals surface area contributed by atoms with Crippen LogP contribution in [0.5, 0.6) is 0 Å². The Kier molecular flexibility index (Phi) is 5.12. The van der Waals surface area contributed by atoms with Crippen LogP contribution in [0.4, 0.5) is 10.3 Å². The molecule has 108 valence electrons. The van der Waals surface area contributed by atoms with Crippen LogP contribution in [0.2, 0.25) is 0 Å². The van der Waals surface area contributed by atoms with Gasteiger partial charge >= 0.3 is 0 Å². The average molecular weight is 277 g/mol. The first-order valence-electron chi connectivity index (χ1n) is 6.70. The molecule has 1 heterocycles. The number of aromatic nitrogens is 2. The van der Waals surface area contributed by atoms with Crippen molar-refractivity contribution in [1.82, 2.24) is 9.55 Å². The van der Waals surface area contributed by atoms with Gasteiger partial charge in [-0.25, -0.2) is 9.37 Å². The maximum Gasteiger partial charge on any atom is 0.203 e. The van der Waals surface area contributed by atoms with E-state index in [4.69, 9.17) is 4.74 Å². The van der Waals surface area contributed by atoms with Crippen LogP contribution >= 0.6 is 0 Å². The lowest BCUT2D eigenvalue weighted by Gasteiger charge is -2.09. The third-order valence-electron chi connectivity index (χ3n) is 2.95. The van der Waals surface area contributed by atoms with Gasteiger partial charge in [-0.1, -0.05) is 12.1 Å². The number of rotatable bonds is 7. The molecular formula is C15H20FN3O. The predicted molar refractivity (Wildman–Crippen MR) is 77.4 cm³/mol. The fourth-order valence-electron chi connectivity index (χ4n) is 2.06. The van der Waals surface area contributed by atoms with Crippen molar-refractivity contribution in [3.8, 4) is 0 Å². The van der Waals surface area contributed by atoms with Gasteiger partial charge in [-0.3, -0.25) is 0 Å². The summed E-state index contributed by atoms with van der Waals surface area (Å²) in [6.45, 7) is 4.07. The first-order chi connectivity index (χ1) is 9.69. The Hall–Kier alpha value is -1.88. The minimum Gasteiger partial charge on any atom is -0.385 e. The zero-order valence-corrected chi connectivity index (χ0v) is 11.9. The molecule has 2 aromatic rings. The molecule has 0 saturated heterocycles. The Bertz CT molecular complexity index is 554. The molecule has 0 amide bonds. The second-order valence-corrected chi connectivity index (χ2v) is 4.74. The number of imidazole rings is 1. The maximum absolute atomic E-state index is 13.2. The molecule has 0 unspecified atom stereocenters. The third kappa shape index (κ3) is 4.06. The van der Waals surface area contributed by atoms with Gasteiger partial charge in [0.15, 0.2) is 0 Å². The first kappa shape index (κ1) is 14.5. The number of nitrogens with one attached hydrogen (secondary N) is 1. The van der Waals surface area contributed by atoms with Crippen LogP contribution in [0.1, 0.15) is 17.7 Å². The van der Waals surface area contributed by atoms with Crippen molar-refractivity contribution in [1.29, 1.82) is 0 Å². The van der Waals surface area contributed by atoms with E-state index in [0.29, 0.717) is 6.54 Å². The van der Waals surface area contributed by atoms with E-state index in [0.717, 1.165) is 36.8 Å². The van der Waals surface area contributed by atoms with Crippen molar-refractivity contribution in [2.75, 3.05) is 25.6 Å². The molecule has 0 bridgehead atoms. The fourth-order valence-corrected chi connectivity index (χ4v) is 2.06. The third-order valence-corrected chi connectivity index (χ3v) is 2.95. The van der Waals surface area contributed by atoms with Gasteiger partial charge in [0.2, 0.25) is 5.95 Å². The molecule has 0 aliphatic carbocycles. The van der Waals surface area contributed by atoms with Gasteiger partial charge < -0.3 is 14.6 Å². The summed E-state index contributed by atoms with van der Waals surface area (Å²) >= 11 is 0. The van der Waals surface area contributed by atoms with Crippen molar-refractivity contribution in [2.45, 2.75) is 19.9 Å². The molecular weight excluding hydrogens is 257 g/mol. The van der Waals surface area contributed by atoms with Gasteiger partial charge in [-0.2, -0.15) is 0 Å². The molecule has 0 radical (unpaired) electrons. The fraction of sp³-hybridized carbons (Fsp3) is 0.400. The van der Waals surface area contributed by atoms with Crippen molar-refractivity contribution in [2.24, 2.45) is 0 Å². The Labute approximate surface area is 118 Å². The molecule has 1 aromatic carbocycles. The summed E-state index contributed by atoms with van der Waals surface area (Å²) in [6, 6.07) is 6.63. The van der Waals surface area contributed by atoms with E-state index in [9.17, 15) is 4.39 Å². The zero-order chi connectivity index (χ0) is 14.4. The van der Waals surface area contributed by atoms with Crippen LogP contribution in [-0.4, -0.2) is 29.8 Å². The number of hydrogen-bond acceptors (Lipinski definition) is 3. The molecule has 4 nitrogen and oxygen atoms in total. The first-order valence-corrected chi connectivity index (χ1v) is 6.70. The Morgan fingerprint density at radius 3 is 3.00 bits per heavy atom. The molecule has 0 aliphatic heterocycles. The molecule has 0 aliphatic rings. The summed E-state index contributed by atoms with van der Waals surface area (Å²) in [6.07, 6.45) is 2.88. The number of benzene rings is 1. The number of methoxy groups -OCH3 is 1. The molecule has 2 rings (SSSR count). The predicted octanol–water partition coefficient (Wildman–Crippen LogP) is 2.83. The van der Waals surface area contributed by atoms with Gasteiger partial charge in [0.25, 0.3) is 0 Å². The lowest BCUT2D eigenvalue weighted by atomic mass is 10.2. The van der Waals surface area contributed by atoms with Crippen molar-refractivity contribution in [3.63, 3.8) is 0 Å². The molecule has 1 aromatic heterocycles. The van der Waals surface area contributed by atoms with Crippen LogP contribution in [0.25, 0.3) is 0 Å². The van der Waals surface area contributed by atoms with E-state index >= 15 is 0 Å². The van der Waals surface area contributed by atoms with E-state index in [1.165, 1.54) is 6.07 Å². The number of aryl methyl sites for hydroxylation is 1. The van der Waals surface area contributed by atoms with E-state index < -0.39 is 0 Å². The second-order valence-electron chi connectivity index (χ2n) is 4.74. The van der Waals surface area contributed by atoms with Gasteiger partial charge in [-0.05, 0) is 31.0 Å². The molecule has 0 spiro atoms. The van der Waals surface area contributed by atoms with Gasteiger partial charge in [0.1, 0.15) is 5.82 Å². The highest BCUT2D eigenvalue weighted by Gasteiger charge is 2.06. The largest absolute Gasteiger partial charge is 0.385 e. The summed E-state index contributed by atoms with van der Waals surface area (Å²) < 4.78 is 20.2. The number of halogens is 1. The van der Waals surface area contributed by atoms with Crippen LogP contribution in [0.15, 0.2) is 30.5 Å². The maximum atomic E-state index is 13.2. The quantitative estimate of drug-likeness (QED) is 0.791. The summed E-state index contributed by atoms with van der Waals surface area (Å²) in [7, 11) is 1.69. The zero-order valence-electron chi connectivity index (χ0n) is 11.9. The van der Waals surface area contributed by atoms with Crippen molar-refractivity contribution in [3.05, 3.63) is 47.5 Å². The highest BCUT2D eigenvalue weighted by molar-refractivity contribution is 5.30. The molecule has 5 heteroatoms. The van der Waals surface area contributed by atoms with E-state index in [1.54, 1.807) is 19.2 Å². The Morgan fingerprint density at radius 1 is 1.40 bits per heavy atom. The molecule has 0 fully saturated rings. The summed E-state index contributed by atoms with van der Waals surface area (Å²) in [5.74, 6) is 0.594. The number of ether oxygens (including phenoxy) is 1. The monoisotopic (exact) mass is 277 g/mol. The van der Waals surface area contributed by atoms with Crippen molar-refractivity contribution >= 4 is 5.95 Å². The SMILES string of the molecule is COCCCNc1nc(C)cn1Cc1cccc(F)c1. The van der Waals surface area contributed by atoms with Gasteiger partial charge in [-0.15, -0.1) is 0 Å². The highest BCUT2D eigenvalue weighted by atomic mass is 19.1. The lowest BCUT2D eigenvalue weighted by molar-refractivity contribution is 0.197. The highest BCUT2D eigenvalue weighted by Crippen LogP contribution is 2.13. The standard InChI is InChI=1S/C15H20FN3O/c1-12-10-19(11-13-5-3-6-14(16)9-13)15(18-12)17-7-4-8-20-2/h3,5-6,9-10H,4,7-8,11H2,1-2H3,(H,17,18). The Balaban J connectivity index is 2.03. The van der Waals surface area contributed by atoms with Gasteiger partial charge in [0.05, 0.1) is 12.2 Å². The number of nitrogens with zero attached hydrogens (tertiary/aromatic N) is 2. The molecule has 0 atom stereocenters. The van der Waals surface area contributed by atoms with Crippen LogP contribution in [-0.2, 0) is 11.3 Å². The number of hydrogen-bond donors (Lipinski definition) is 1. The van der Waals surface area contributed by atoms with Crippen LogP contribution < -0.4 is 5.32 Å². The summed E-state index contributed by atoms with van der Waals surface area (Å²) in [5.41, 5.74) is 1.86. The average Bonchev–Trinajstić information content (AvgIpc) is 2.75. The van der Waals surface area contributed by atoms with Crippen LogP contribution in [0, 0.1) is 12.7 Å². The van der Waals surface area contributed by atoms with Gasteiger partial charge in [0, 0.05) is 26.5 Å². The Morgan fingerprint density at radius 2 is 2.25 bits per heavy atom. The minimum atomic E-state index is -0.214. The molecule has 0 saturated carbocycles. The topological polar surface area (TPSA) is 39.1 Å². The van der Waals surface area contributed by atoms with E-state index in [-0.39, 0.29) is 5.82 Å². The summed E-state index contributed by atoms with van der Waals surface area (Å²) in [5, 5.41) is 3.28.